The van der Waals surface area contributed by atoms with Crippen LogP contribution in [0.4, 0.5) is 0 Å². The molecule has 0 saturated heterocycles. The fraction of sp³-hybridized carbons (Fsp3) is 0.976. The predicted octanol–water partition coefficient (Wildman–Crippen LogP) is 13.0. The summed E-state index contributed by atoms with van der Waals surface area (Å²) in [7, 11) is 1.60. The molecule has 0 aromatic carbocycles. The predicted molar refractivity (Wildman–Crippen MR) is 210 cm³/mol. The lowest BCUT2D eigenvalue weighted by atomic mass is 10.0. The molecule has 0 fully saturated rings. The molecule has 0 aromatic rings. The average molecular weight is 716 g/mol. The van der Waals surface area contributed by atoms with Crippen LogP contribution >= 0.6 is 7.82 Å². The summed E-state index contributed by atoms with van der Waals surface area (Å²) in [6.45, 7) is 5.23. The van der Waals surface area contributed by atoms with Gasteiger partial charge in [0.25, 0.3) is 7.82 Å². The van der Waals surface area contributed by atoms with Gasteiger partial charge in [0.15, 0.2) is 0 Å². The van der Waals surface area contributed by atoms with E-state index in [0.717, 1.165) is 25.7 Å². The van der Waals surface area contributed by atoms with Gasteiger partial charge in [-0.1, -0.05) is 194 Å². The number of Topliss-reactive ketones (excluding diaryl/α,β-unsaturated/α-hetero) is 1. The fourth-order valence-corrected chi connectivity index (χ4v) is 7.54. The van der Waals surface area contributed by atoms with Crippen molar-refractivity contribution < 1.29 is 27.8 Å². The van der Waals surface area contributed by atoms with Crippen molar-refractivity contribution >= 4 is 13.6 Å². The maximum Gasteiger partial charge on any atom is 0.268 e. The van der Waals surface area contributed by atoms with E-state index in [1.165, 1.54) is 161 Å². The van der Waals surface area contributed by atoms with E-state index in [-0.39, 0.29) is 12.4 Å². The number of phosphoric ester groups is 1. The molecule has 0 aliphatic rings. The van der Waals surface area contributed by atoms with Crippen LogP contribution < -0.4 is 4.89 Å². The molecule has 0 heterocycles. The van der Waals surface area contributed by atoms with Crippen molar-refractivity contribution in [2.45, 2.75) is 232 Å². The highest BCUT2D eigenvalue weighted by Crippen LogP contribution is 2.41. The van der Waals surface area contributed by atoms with Gasteiger partial charge in [-0.2, -0.15) is 0 Å². The summed E-state index contributed by atoms with van der Waals surface area (Å²) < 4.78 is 24.0. The quantitative estimate of drug-likeness (QED) is 0.0359. The first-order chi connectivity index (χ1) is 23.6. The van der Waals surface area contributed by atoms with Crippen LogP contribution in [0.15, 0.2) is 0 Å². The van der Waals surface area contributed by atoms with Gasteiger partial charge in [0.2, 0.25) is 0 Å². The van der Waals surface area contributed by atoms with Crippen LogP contribution in [0.5, 0.6) is 0 Å². The van der Waals surface area contributed by atoms with Crippen LogP contribution in [-0.2, 0) is 18.4 Å². The molecule has 0 aliphatic carbocycles. The summed E-state index contributed by atoms with van der Waals surface area (Å²) in [5.41, 5.74) is 0. The van der Waals surface area contributed by atoms with Crippen molar-refractivity contribution in [1.82, 2.24) is 0 Å². The third-order valence-corrected chi connectivity index (χ3v) is 11.0. The number of phosphoric acid groups is 1. The lowest BCUT2D eigenvalue weighted by Gasteiger charge is -2.30. The second-order valence-electron chi connectivity index (χ2n) is 16.2. The molecule has 0 saturated carbocycles. The molecular formula is C42H86NO5P. The summed E-state index contributed by atoms with van der Waals surface area (Å²) in [6, 6.07) is 0. The molecule has 7 heteroatoms. The number of likely N-dealkylation sites (N-methyl/N-ethyl adjacent to an activating group) is 1. The lowest BCUT2D eigenvalue weighted by molar-refractivity contribution is -0.870. The van der Waals surface area contributed by atoms with Gasteiger partial charge in [0, 0.05) is 12.8 Å². The van der Waals surface area contributed by atoms with Crippen LogP contribution in [0.25, 0.3) is 0 Å². The van der Waals surface area contributed by atoms with Gasteiger partial charge < -0.3 is 18.4 Å². The first kappa shape index (κ1) is 48.7. The first-order valence-electron chi connectivity index (χ1n) is 21.6. The number of ketones is 1. The molecule has 0 aliphatic heterocycles. The summed E-state index contributed by atoms with van der Waals surface area (Å²) in [5, 5.41) is 0. The zero-order chi connectivity index (χ0) is 36.3. The standard InChI is InChI=1S/C42H86NO5P/c1-6-8-10-12-14-16-18-20-21-22-24-26-28-30-32-34-36-42(48-49(45,46)47-40-39-43(3,4)5)38-37-41(44)35-33-31-29-27-25-23-19-17-15-13-11-9-7-2/h42H,6-40H2,1-5H3. The molecule has 2 atom stereocenters. The molecule has 0 spiro atoms. The minimum Gasteiger partial charge on any atom is -0.756 e. The third kappa shape index (κ3) is 38.8. The van der Waals surface area contributed by atoms with Crippen LogP contribution in [0.2, 0.25) is 0 Å². The zero-order valence-corrected chi connectivity index (χ0v) is 34.7. The van der Waals surface area contributed by atoms with Crippen molar-refractivity contribution in [2.24, 2.45) is 0 Å². The fourth-order valence-electron chi connectivity index (χ4n) is 6.60. The second-order valence-corrected chi connectivity index (χ2v) is 17.5. The zero-order valence-electron chi connectivity index (χ0n) is 33.8. The van der Waals surface area contributed by atoms with E-state index >= 15 is 0 Å². The number of nitrogens with zero attached hydrogens (tertiary/aromatic N) is 1. The molecule has 6 nitrogen and oxygen atoms in total. The number of carbonyl (C=O) groups excluding carboxylic acids is 1. The van der Waals surface area contributed by atoms with Crippen LogP contribution in [0.3, 0.4) is 0 Å². The Bertz CT molecular complexity index is 756. The molecule has 0 radical (unpaired) electrons. The molecule has 49 heavy (non-hydrogen) atoms. The second kappa shape index (κ2) is 34.8. The van der Waals surface area contributed by atoms with Crippen molar-refractivity contribution in [3.8, 4) is 0 Å². The Labute approximate surface area is 306 Å². The van der Waals surface area contributed by atoms with E-state index in [4.69, 9.17) is 9.05 Å². The number of hydrogen-bond donors (Lipinski definition) is 0. The van der Waals surface area contributed by atoms with E-state index in [2.05, 4.69) is 13.8 Å². The summed E-state index contributed by atoms with van der Waals surface area (Å²) in [5.74, 6) is 0.232. The number of carbonyl (C=O) groups is 1. The first-order valence-corrected chi connectivity index (χ1v) is 23.0. The minimum absolute atomic E-state index is 0.105. The minimum atomic E-state index is -4.41. The largest absolute Gasteiger partial charge is 0.756 e. The summed E-state index contributed by atoms with van der Waals surface area (Å²) in [4.78, 5) is 25.3. The molecular weight excluding hydrogens is 629 g/mol. The van der Waals surface area contributed by atoms with E-state index in [1.807, 2.05) is 21.1 Å². The molecule has 2 unspecified atom stereocenters. The topological polar surface area (TPSA) is 75.7 Å². The monoisotopic (exact) mass is 716 g/mol. The third-order valence-electron chi connectivity index (χ3n) is 9.97. The Hall–Kier alpha value is -0.260. The van der Waals surface area contributed by atoms with Gasteiger partial charge in [0.1, 0.15) is 18.9 Å². The molecule has 0 aromatic heterocycles. The molecule has 0 bridgehead atoms. The average Bonchev–Trinajstić information content (AvgIpc) is 3.04. The summed E-state index contributed by atoms with van der Waals surface area (Å²) in [6.07, 6.45) is 39.4. The molecule has 0 N–H and O–H groups in total. The van der Waals surface area contributed by atoms with Gasteiger partial charge in [-0.3, -0.25) is 9.36 Å². The van der Waals surface area contributed by atoms with Gasteiger partial charge >= 0.3 is 0 Å². The van der Waals surface area contributed by atoms with Crippen molar-refractivity contribution in [3.05, 3.63) is 0 Å². The van der Waals surface area contributed by atoms with E-state index in [0.29, 0.717) is 36.7 Å². The molecule has 294 valence electrons. The Kier molecular flexibility index (Phi) is 34.6. The number of rotatable bonds is 40. The van der Waals surface area contributed by atoms with E-state index in [9.17, 15) is 14.3 Å². The number of unbranched alkanes of at least 4 members (excludes halogenated alkanes) is 27. The SMILES string of the molecule is CCCCCCCCCCCCCCCCCCC(CCC(=O)CCCCCCCCCCCCCCC)OP(=O)([O-])OCC[N+](C)(C)C. The smallest absolute Gasteiger partial charge is 0.268 e. The van der Waals surface area contributed by atoms with Gasteiger partial charge in [0.05, 0.1) is 27.2 Å². The Morgan fingerprint density at radius 2 is 0.878 bits per heavy atom. The van der Waals surface area contributed by atoms with E-state index in [1.54, 1.807) is 0 Å². The van der Waals surface area contributed by atoms with Crippen molar-refractivity contribution in [3.63, 3.8) is 0 Å². The molecule has 0 amide bonds. The Balaban J connectivity index is 4.19. The Morgan fingerprint density at radius 1 is 0.531 bits per heavy atom. The van der Waals surface area contributed by atoms with Gasteiger partial charge in [-0.25, -0.2) is 0 Å². The van der Waals surface area contributed by atoms with E-state index < -0.39 is 13.9 Å². The number of hydrogen-bond acceptors (Lipinski definition) is 5. The normalized spacial score (nSPS) is 13.9. The summed E-state index contributed by atoms with van der Waals surface area (Å²) >= 11 is 0. The maximum absolute atomic E-state index is 12.7. The van der Waals surface area contributed by atoms with Gasteiger partial charge in [-0.15, -0.1) is 0 Å². The highest BCUT2D eigenvalue weighted by Gasteiger charge is 2.20. The van der Waals surface area contributed by atoms with Crippen LogP contribution in [0, 0.1) is 0 Å². The van der Waals surface area contributed by atoms with Gasteiger partial charge in [-0.05, 0) is 19.3 Å². The number of quaternary nitrogens is 1. The Morgan fingerprint density at radius 3 is 1.24 bits per heavy atom. The molecule has 0 rings (SSSR count). The maximum atomic E-state index is 12.7. The van der Waals surface area contributed by atoms with Crippen molar-refractivity contribution in [2.75, 3.05) is 34.3 Å². The van der Waals surface area contributed by atoms with Crippen LogP contribution in [-0.4, -0.2) is 50.7 Å². The highest BCUT2D eigenvalue weighted by molar-refractivity contribution is 7.45. The van der Waals surface area contributed by atoms with Crippen molar-refractivity contribution in [1.29, 1.82) is 0 Å². The lowest BCUT2D eigenvalue weighted by Crippen LogP contribution is -2.37. The van der Waals surface area contributed by atoms with Crippen LogP contribution in [0.1, 0.15) is 226 Å². The highest BCUT2D eigenvalue weighted by atomic mass is 31.2.